The molecule has 40 nitrogen and oxygen atoms in total. The predicted octanol–water partition coefficient (Wildman–Crippen LogP) is -16.2. The smallest absolute Gasteiger partial charge is 0.394 e. The number of hydrogen-bond acceptors (Lipinski definition) is 39. The molecular formula is C44H79N2O38P. The molecule has 41 heteroatoms. The van der Waals surface area contributed by atoms with E-state index >= 15 is 0 Å². The molecule has 0 amide bonds. The molecule has 1 unspecified atom stereocenters. The number of phosphoric ester groups is 1. The van der Waals surface area contributed by atoms with Crippen molar-refractivity contribution < 1.29 is 187 Å². The highest BCUT2D eigenvalue weighted by Crippen LogP contribution is 2.44. The van der Waals surface area contributed by atoms with Gasteiger partial charge in [-0.25, -0.2) is 4.57 Å². The summed E-state index contributed by atoms with van der Waals surface area (Å²) in [6, 6.07) is -1.66. The van der Waals surface area contributed by atoms with E-state index in [1.165, 1.54) is 0 Å². The minimum absolute atomic E-state index is 0.213. The fraction of sp³-hybridized carbons (Fsp3) is 1.00. The Balaban J connectivity index is 1.19. The molecule has 7 fully saturated rings. The molecule has 0 aliphatic carbocycles. The molecule has 7 rings (SSSR count). The van der Waals surface area contributed by atoms with E-state index in [0.29, 0.717) is 0 Å². The third-order valence-electron chi connectivity index (χ3n) is 15.2. The first-order chi connectivity index (χ1) is 40.1. The van der Waals surface area contributed by atoms with Gasteiger partial charge in [0.2, 0.25) is 0 Å². The second-order valence-electron chi connectivity index (χ2n) is 20.9. The van der Waals surface area contributed by atoms with Crippen molar-refractivity contribution in [2.45, 2.75) is 215 Å². The lowest BCUT2D eigenvalue weighted by molar-refractivity contribution is -0.400. The largest absolute Gasteiger partial charge is 0.472 e. The van der Waals surface area contributed by atoms with E-state index in [-0.39, 0.29) is 6.54 Å². The molecule has 0 bridgehead atoms. The molecule has 0 spiro atoms. The van der Waals surface area contributed by atoms with Crippen LogP contribution in [0.15, 0.2) is 0 Å². The first kappa shape index (κ1) is 71.1. The van der Waals surface area contributed by atoms with Crippen LogP contribution in [-0.4, -0.2) is 386 Å². The van der Waals surface area contributed by atoms with Gasteiger partial charge >= 0.3 is 7.82 Å². The lowest BCUT2D eigenvalue weighted by Gasteiger charge is -2.50. The van der Waals surface area contributed by atoms with Crippen molar-refractivity contribution in [2.75, 3.05) is 59.4 Å². The number of aliphatic hydroxyl groups is 21. The average molecular weight is 1280 g/mol. The highest BCUT2D eigenvalue weighted by Gasteiger charge is 2.58. The van der Waals surface area contributed by atoms with E-state index in [2.05, 4.69) is 4.52 Å². The summed E-state index contributed by atoms with van der Waals surface area (Å²) in [6.07, 6.45) is -69.6. The van der Waals surface area contributed by atoms with Crippen LogP contribution in [0.25, 0.3) is 0 Å². The van der Waals surface area contributed by atoms with Crippen LogP contribution >= 0.6 is 7.82 Å². The van der Waals surface area contributed by atoms with Crippen molar-refractivity contribution in [2.24, 2.45) is 11.5 Å². The Morgan fingerprint density at radius 3 is 1.22 bits per heavy atom. The Labute approximate surface area is 480 Å². The SMILES string of the molecule is NCCOP(=O)(O)OC[C@H]1O[C@H](O[C@@H]2[C@@H](OC[C@H]3O[C@H](O[C@H]4[C@H](O)[C@@H](N)[C@@H](O)O[C@@H]4CO)[C@@H](O)[C@@H](O[C@H]4O[C@H](CO[C@H]5O[C@H](CO)[C@H](O)[C@H](O)[C@H]5O)[C@H](O)[C@H](O)[C@H]4O[C@H]4O[C@H](CO)[C@H](O)[C@H](O)[C@H]4O)[C@@H]3O)O[C@H](CO)[C@@H](O)[C@@H]2O)[C@@H](O)[C@@H](O)[C@@H]1O. The summed E-state index contributed by atoms with van der Waals surface area (Å²) >= 11 is 0. The number of rotatable bonds is 24. The monoisotopic (exact) mass is 1270 g/mol. The molecule has 0 aromatic carbocycles. The lowest BCUT2D eigenvalue weighted by Crippen LogP contribution is -2.68. The lowest BCUT2D eigenvalue weighted by atomic mass is 9.95. The van der Waals surface area contributed by atoms with Gasteiger partial charge in [0.15, 0.2) is 44.0 Å². The number of hydrogen-bond donors (Lipinski definition) is 24. The third-order valence-corrected chi connectivity index (χ3v) is 16.2. The molecule has 36 atom stereocenters. The zero-order chi connectivity index (χ0) is 62.7. The van der Waals surface area contributed by atoms with Gasteiger partial charge in [0.25, 0.3) is 0 Å². The van der Waals surface area contributed by atoms with Gasteiger partial charge in [-0.15, -0.1) is 0 Å². The van der Waals surface area contributed by atoms with Gasteiger partial charge in [-0.1, -0.05) is 0 Å². The Hall–Kier alpha value is -1.33. The van der Waals surface area contributed by atoms with Crippen LogP contribution in [0.1, 0.15) is 0 Å². The van der Waals surface area contributed by atoms with Gasteiger partial charge in [-0.05, 0) is 0 Å². The number of phosphoric acid groups is 1. The molecule has 0 aromatic heterocycles. The van der Waals surface area contributed by atoms with E-state index < -0.39 is 276 Å². The van der Waals surface area contributed by atoms with Crippen LogP contribution in [-0.2, 0) is 75.2 Å². The maximum Gasteiger partial charge on any atom is 0.472 e. The van der Waals surface area contributed by atoms with Crippen molar-refractivity contribution >= 4 is 7.82 Å². The molecule has 7 aliphatic rings. The van der Waals surface area contributed by atoms with Gasteiger partial charge in [0.05, 0.1) is 58.9 Å². The fourth-order valence-electron chi connectivity index (χ4n) is 10.1. The molecule has 0 aromatic rings. The minimum atomic E-state index is -4.86. The van der Waals surface area contributed by atoms with Gasteiger partial charge in [-0.3, -0.25) is 9.05 Å². The summed E-state index contributed by atoms with van der Waals surface area (Å²) in [4.78, 5) is 10.0. The van der Waals surface area contributed by atoms with Crippen LogP contribution in [0, 0.1) is 0 Å². The zero-order valence-corrected chi connectivity index (χ0v) is 45.4. The summed E-state index contributed by atoms with van der Waals surface area (Å²) in [5.74, 6) is 0. The van der Waals surface area contributed by atoms with E-state index in [9.17, 15) is 117 Å². The van der Waals surface area contributed by atoms with Crippen LogP contribution in [0.5, 0.6) is 0 Å². The Morgan fingerprint density at radius 2 is 0.706 bits per heavy atom. The van der Waals surface area contributed by atoms with Crippen LogP contribution in [0.3, 0.4) is 0 Å². The second-order valence-corrected chi connectivity index (χ2v) is 22.4. The van der Waals surface area contributed by atoms with Gasteiger partial charge < -0.3 is 185 Å². The Bertz CT molecular complexity index is 2070. The molecule has 498 valence electrons. The van der Waals surface area contributed by atoms with Crippen molar-refractivity contribution in [1.29, 1.82) is 0 Å². The molecule has 0 saturated carbocycles. The summed E-state index contributed by atoms with van der Waals surface area (Å²) in [5.41, 5.74) is 11.2. The van der Waals surface area contributed by atoms with Crippen LogP contribution in [0.2, 0.25) is 0 Å². The quantitative estimate of drug-likeness (QED) is 0.0399. The molecule has 7 heterocycles. The number of ether oxygens (including phenoxy) is 13. The first-order valence-corrected chi connectivity index (χ1v) is 28.1. The highest BCUT2D eigenvalue weighted by molar-refractivity contribution is 7.47. The topological polar surface area (TPSA) is 653 Å². The van der Waals surface area contributed by atoms with Crippen LogP contribution < -0.4 is 11.5 Å². The third kappa shape index (κ3) is 15.9. The maximum atomic E-state index is 12.4. The van der Waals surface area contributed by atoms with E-state index in [1.807, 2.05) is 0 Å². The molecule has 7 saturated heterocycles. The second kappa shape index (κ2) is 30.9. The van der Waals surface area contributed by atoms with E-state index in [4.69, 9.17) is 77.6 Å². The average Bonchev–Trinajstić information content (AvgIpc) is 3.41. The summed E-state index contributed by atoms with van der Waals surface area (Å²) in [5, 5.41) is 227. The first-order valence-electron chi connectivity index (χ1n) is 26.6. The molecule has 85 heavy (non-hydrogen) atoms. The van der Waals surface area contributed by atoms with Crippen LogP contribution in [0.4, 0.5) is 0 Å². The normalized spacial score (nSPS) is 50.8. The van der Waals surface area contributed by atoms with Crippen molar-refractivity contribution in [3.05, 3.63) is 0 Å². The Kier molecular flexibility index (Phi) is 25.8. The fourth-order valence-corrected chi connectivity index (χ4v) is 10.9. The molecule has 0 radical (unpaired) electrons. The zero-order valence-electron chi connectivity index (χ0n) is 44.5. The molecular weight excluding hydrogens is 1200 g/mol. The van der Waals surface area contributed by atoms with Gasteiger partial charge in [0.1, 0.15) is 165 Å². The Morgan fingerprint density at radius 1 is 0.341 bits per heavy atom. The van der Waals surface area contributed by atoms with Crippen molar-refractivity contribution in [1.82, 2.24) is 0 Å². The maximum absolute atomic E-state index is 12.4. The number of nitrogens with two attached hydrogens (primary N) is 2. The standard InChI is InChI=1S/C44H79N2O38P/c45-1-2-72-85(68,69)73-9-16-21(54)27(60)32(65)41(79-16)83-36-28(61)20(53)12(5-49)77-43(36)71-8-15-23(56)35(33(66)42(78-15)81-34-13(6-50)74-38(67)17(46)24(34)57)82-44-37(84-40-31(64)26(59)19(52)11(4-48)76-40)29(62)22(55)14(80-44)7-70-39-30(63)25(58)18(51)10(3-47)75-39/h10-44,47-67H,1-9,45-46H2,(H,68,69)/t10-,11-,12-,13-,14-,15-,16-,17-,18+,19+,20-,21-,22+,23-,24-,25+,26+,27+,28+,29+,30-,31-,32+,33+,34-,35+,36+,37-,38+,39+,40-,41-,42-,43+,44-/m1/s1. The predicted molar refractivity (Wildman–Crippen MR) is 257 cm³/mol. The van der Waals surface area contributed by atoms with Crippen molar-refractivity contribution in [3.63, 3.8) is 0 Å². The van der Waals surface area contributed by atoms with E-state index in [0.717, 1.165) is 0 Å². The van der Waals surface area contributed by atoms with E-state index in [1.54, 1.807) is 0 Å². The highest BCUT2D eigenvalue weighted by atomic mass is 31.2. The summed E-state index contributed by atoms with van der Waals surface area (Å²) in [6.45, 7) is -7.69. The molecule has 26 N–H and O–H groups in total. The minimum Gasteiger partial charge on any atom is -0.394 e. The molecule has 7 aliphatic heterocycles. The van der Waals surface area contributed by atoms with Gasteiger partial charge in [-0.2, -0.15) is 0 Å². The number of aliphatic hydroxyl groups excluding tert-OH is 21. The summed E-state index contributed by atoms with van der Waals surface area (Å²) in [7, 11) is -4.86. The van der Waals surface area contributed by atoms with Crippen molar-refractivity contribution in [3.8, 4) is 0 Å². The van der Waals surface area contributed by atoms with Gasteiger partial charge in [0, 0.05) is 6.54 Å². The summed E-state index contributed by atoms with van der Waals surface area (Å²) < 4.78 is 96.1.